The van der Waals surface area contributed by atoms with Crippen LogP contribution in [0.25, 0.3) is 0 Å². The van der Waals surface area contributed by atoms with Crippen molar-refractivity contribution in [3.05, 3.63) is 0 Å². The van der Waals surface area contributed by atoms with E-state index in [1.165, 1.54) is 0 Å². The number of hydrogen-bond acceptors (Lipinski definition) is 2. The van der Waals surface area contributed by atoms with E-state index in [1.54, 1.807) is 0 Å². The molecule has 0 saturated carbocycles. The van der Waals surface area contributed by atoms with Crippen molar-refractivity contribution in [1.82, 2.24) is 5.32 Å². The Kier molecular flexibility index (Phi) is 4.99. The Labute approximate surface area is 100 Å². The Bertz CT molecular complexity index is 239. The molecule has 0 heterocycles. The minimum absolute atomic E-state index is 0.0544. The van der Waals surface area contributed by atoms with Gasteiger partial charge in [0.15, 0.2) is 0 Å². The molecule has 1 atom stereocenters. The quantitative estimate of drug-likeness (QED) is 0.774. The molecule has 0 radical (unpaired) electrons. The molecule has 0 aromatic heterocycles. The first-order chi connectivity index (χ1) is 6.98. The van der Waals surface area contributed by atoms with Gasteiger partial charge >= 0.3 is 0 Å². The molecule has 16 heavy (non-hydrogen) atoms. The van der Waals surface area contributed by atoms with Crippen LogP contribution in [0.5, 0.6) is 0 Å². The molecular weight excluding hydrogens is 200 g/mol. The van der Waals surface area contributed by atoms with E-state index in [1.807, 2.05) is 20.8 Å². The first-order valence-electron chi connectivity index (χ1n) is 6.02. The highest BCUT2D eigenvalue weighted by Crippen LogP contribution is 2.25. The van der Waals surface area contributed by atoms with E-state index >= 15 is 0 Å². The molecule has 3 heteroatoms. The lowest BCUT2D eigenvalue weighted by atomic mass is 9.81. The molecule has 0 aliphatic carbocycles. The minimum atomic E-state index is -0.449. The van der Waals surface area contributed by atoms with Crippen molar-refractivity contribution in [3.63, 3.8) is 0 Å². The van der Waals surface area contributed by atoms with Crippen LogP contribution in [-0.4, -0.2) is 18.5 Å². The van der Waals surface area contributed by atoms with Gasteiger partial charge in [-0.1, -0.05) is 48.5 Å². The van der Waals surface area contributed by atoms with Gasteiger partial charge in [-0.25, -0.2) is 0 Å². The Morgan fingerprint density at radius 2 is 1.62 bits per heavy atom. The zero-order chi connectivity index (χ0) is 13.1. The van der Waals surface area contributed by atoms with E-state index in [0.717, 1.165) is 0 Å². The highest BCUT2D eigenvalue weighted by atomic mass is 16.2. The average molecular weight is 228 g/mol. The maximum atomic E-state index is 11.8. The Morgan fingerprint density at radius 3 is 1.94 bits per heavy atom. The molecule has 0 fully saturated rings. The van der Waals surface area contributed by atoms with Crippen LogP contribution in [0.3, 0.4) is 0 Å². The summed E-state index contributed by atoms with van der Waals surface area (Å²) in [6.07, 6.45) is 0. The summed E-state index contributed by atoms with van der Waals surface area (Å²) in [7, 11) is 0. The molecule has 3 nitrogen and oxygen atoms in total. The van der Waals surface area contributed by atoms with Gasteiger partial charge in [-0.3, -0.25) is 4.79 Å². The molecule has 0 aromatic carbocycles. The summed E-state index contributed by atoms with van der Waals surface area (Å²) in [5.41, 5.74) is 5.80. The van der Waals surface area contributed by atoms with Crippen LogP contribution >= 0.6 is 0 Å². The molecule has 0 unspecified atom stereocenters. The van der Waals surface area contributed by atoms with Crippen LogP contribution in [0.15, 0.2) is 0 Å². The smallest absolute Gasteiger partial charge is 0.237 e. The van der Waals surface area contributed by atoms with Crippen molar-refractivity contribution in [2.75, 3.05) is 6.54 Å². The molecule has 0 bridgehead atoms. The SMILES string of the molecule is CC(C)C(C)(C)CNC(=O)[C@@H](N)C(C)(C)C. The van der Waals surface area contributed by atoms with E-state index < -0.39 is 6.04 Å². The topological polar surface area (TPSA) is 55.1 Å². The van der Waals surface area contributed by atoms with Crippen molar-refractivity contribution >= 4 is 5.91 Å². The van der Waals surface area contributed by atoms with Gasteiger partial charge in [0.25, 0.3) is 0 Å². The molecule has 0 aliphatic heterocycles. The summed E-state index contributed by atoms with van der Waals surface area (Å²) in [5.74, 6) is 0.472. The predicted molar refractivity (Wildman–Crippen MR) is 69.1 cm³/mol. The predicted octanol–water partition coefficient (Wildman–Crippen LogP) is 2.16. The number of hydrogen-bond donors (Lipinski definition) is 2. The molecule has 3 N–H and O–H groups in total. The highest BCUT2D eigenvalue weighted by molar-refractivity contribution is 5.82. The molecule has 1 amide bonds. The van der Waals surface area contributed by atoms with E-state index in [-0.39, 0.29) is 16.7 Å². The third-order valence-electron chi connectivity index (χ3n) is 3.50. The first kappa shape index (κ1) is 15.4. The highest BCUT2D eigenvalue weighted by Gasteiger charge is 2.29. The lowest BCUT2D eigenvalue weighted by molar-refractivity contribution is -0.125. The van der Waals surface area contributed by atoms with E-state index in [9.17, 15) is 4.79 Å². The second-order valence-electron chi connectivity index (χ2n) is 6.70. The van der Waals surface area contributed by atoms with Crippen molar-refractivity contribution < 1.29 is 4.79 Å². The van der Waals surface area contributed by atoms with Gasteiger partial charge in [0, 0.05) is 6.54 Å². The van der Waals surface area contributed by atoms with Gasteiger partial charge in [-0.2, -0.15) is 0 Å². The second-order valence-corrected chi connectivity index (χ2v) is 6.70. The second kappa shape index (κ2) is 5.17. The van der Waals surface area contributed by atoms with Crippen molar-refractivity contribution in [2.45, 2.75) is 54.5 Å². The Hall–Kier alpha value is -0.570. The van der Waals surface area contributed by atoms with Gasteiger partial charge in [0.1, 0.15) is 0 Å². The molecule has 96 valence electrons. The maximum Gasteiger partial charge on any atom is 0.237 e. The van der Waals surface area contributed by atoms with Gasteiger partial charge in [0.2, 0.25) is 5.91 Å². The van der Waals surface area contributed by atoms with Crippen LogP contribution < -0.4 is 11.1 Å². The molecule has 0 saturated heterocycles. The Balaban J connectivity index is 4.29. The van der Waals surface area contributed by atoms with Crippen LogP contribution in [-0.2, 0) is 4.79 Å². The summed E-state index contributed by atoms with van der Waals surface area (Å²) >= 11 is 0. The summed E-state index contributed by atoms with van der Waals surface area (Å²) < 4.78 is 0. The van der Waals surface area contributed by atoms with E-state index in [2.05, 4.69) is 33.0 Å². The zero-order valence-electron chi connectivity index (χ0n) is 11.8. The molecule has 0 aliphatic rings. The third kappa shape index (κ3) is 4.52. The number of nitrogens with two attached hydrogens (primary N) is 1. The Morgan fingerprint density at radius 1 is 1.19 bits per heavy atom. The maximum absolute atomic E-state index is 11.8. The van der Waals surface area contributed by atoms with Crippen LogP contribution in [0.2, 0.25) is 0 Å². The number of rotatable bonds is 4. The van der Waals surface area contributed by atoms with Crippen LogP contribution in [0.1, 0.15) is 48.5 Å². The zero-order valence-corrected chi connectivity index (χ0v) is 11.8. The fraction of sp³-hybridized carbons (Fsp3) is 0.923. The average Bonchev–Trinajstić information content (AvgIpc) is 2.11. The third-order valence-corrected chi connectivity index (χ3v) is 3.50. The van der Waals surface area contributed by atoms with Crippen molar-refractivity contribution in [3.8, 4) is 0 Å². The fourth-order valence-corrected chi connectivity index (χ4v) is 1.02. The van der Waals surface area contributed by atoms with E-state index in [0.29, 0.717) is 12.5 Å². The van der Waals surface area contributed by atoms with Crippen molar-refractivity contribution in [2.24, 2.45) is 22.5 Å². The van der Waals surface area contributed by atoms with E-state index in [4.69, 9.17) is 5.73 Å². The van der Waals surface area contributed by atoms with Gasteiger partial charge in [-0.15, -0.1) is 0 Å². The number of amides is 1. The van der Waals surface area contributed by atoms with Gasteiger partial charge in [0.05, 0.1) is 6.04 Å². The standard InChI is InChI=1S/C13H28N2O/c1-9(2)13(6,7)8-15-11(16)10(14)12(3,4)5/h9-10H,8,14H2,1-7H3,(H,15,16)/t10-/m1/s1. The van der Waals surface area contributed by atoms with Crippen molar-refractivity contribution in [1.29, 1.82) is 0 Å². The summed E-state index contributed by atoms with van der Waals surface area (Å²) in [4.78, 5) is 11.8. The van der Waals surface area contributed by atoms with Gasteiger partial charge < -0.3 is 11.1 Å². The fourth-order valence-electron chi connectivity index (χ4n) is 1.02. The minimum Gasteiger partial charge on any atom is -0.354 e. The molecular formula is C13H28N2O. The normalized spacial score (nSPS) is 15.1. The largest absolute Gasteiger partial charge is 0.354 e. The van der Waals surface area contributed by atoms with Gasteiger partial charge in [-0.05, 0) is 16.7 Å². The summed E-state index contributed by atoms with van der Waals surface area (Å²) in [6, 6.07) is -0.449. The first-order valence-corrected chi connectivity index (χ1v) is 6.02. The summed E-state index contributed by atoms with van der Waals surface area (Å²) in [5, 5.41) is 2.95. The van der Waals surface area contributed by atoms with Crippen LogP contribution in [0.4, 0.5) is 0 Å². The lowest BCUT2D eigenvalue weighted by Crippen LogP contribution is -2.50. The number of carbonyl (C=O) groups excluding carboxylic acids is 1. The number of carbonyl (C=O) groups is 1. The molecule has 0 rings (SSSR count). The molecule has 0 spiro atoms. The molecule has 0 aromatic rings. The monoisotopic (exact) mass is 228 g/mol. The lowest BCUT2D eigenvalue weighted by Gasteiger charge is -2.32. The number of nitrogens with one attached hydrogen (secondary N) is 1. The van der Waals surface area contributed by atoms with Crippen LogP contribution in [0, 0.1) is 16.7 Å². The summed E-state index contributed by atoms with van der Waals surface area (Å²) in [6.45, 7) is 15.2.